The molecule has 2 amide bonds. The molecule has 0 aromatic heterocycles. The van der Waals surface area contributed by atoms with Crippen LogP contribution in [-0.4, -0.2) is 38.9 Å². The van der Waals surface area contributed by atoms with Gasteiger partial charge in [-0.05, 0) is 23.5 Å². The van der Waals surface area contributed by atoms with E-state index >= 15 is 0 Å². The van der Waals surface area contributed by atoms with Crippen LogP contribution in [-0.2, 0) is 32.0 Å². The molecule has 2 aromatic carbocycles. The van der Waals surface area contributed by atoms with Gasteiger partial charge in [-0.25, -0.2) is 4.79 Å². The van der Waals surface area contributed by atoms with Crippen LogP contribution < -0.4 is 10.6 Å². The standard InChI is InChI=1S/C25H30N2O5S/c1-17(2)16-25(33-18(3)28,27-22(29)15-20-12-8-5-9-13-20)24(32)26-21(23(30)31)14-19-10-6-4-7-11-19/h4-13,17,21H,14-16H2,1-3H3,(H,26,32)(H,27,29)(H,30,31)/t21-,25+/m0/s1. The molecule has 0 unspecified atom stereocenters. The van der Waals surface area contributed by atoms with E-state index < -0.39 is 28.7 Å². The number of aliphatic carboxylic acids is 1. The van der Waals surface area contributed by atoms with Crippen LogP contribution in [0.5, 0.6) is 0 Å². The molecular formula is C25H30N2O5S. The van der Waals surface area contributed by atoms with Crippen molar-refractivity contribution >= 4 is 34.7 Å². The summed E-state index contributed by atoms with van der Waals surface area (Å²) in [4.78, 5) is 48.7. The fourth-order valence-corrected chi connectivity index (χ4v) is 4.73. The molecule has 2 aromatic rings. The summed E-state index contributed by atoms with van der Waals surface area (Å²) in [7, 11) is 0. The van der Waals surface area contributed by atoms with E-state index in [1.165, 1.54) is 6.92 Å². The van der Waals surface area contributed by atoms with Crippen molar-refractivity contribution < 1.29 is 24.3 Å². The molecule has 2 atom stereocenters. The van der Waals surface area contributed by atoms with Gasteiger partial charge in [0, 0.05) is 13.3 Å². The molecule has 33 heavy (non-hydrogen) atoms. The monoisotopic (exact) mass is 470 g/mol. The van der Waals surface area contributed by atoms with Crippen LogP contribution in [0.4, 0.5) is 0 Å². The smallest absolute Gasteiger partial charge is 0.326 e. The third-order valence-corrected chi connectivity index (χ3v) is 5.91. The Kier molecular flexibility index (Phi) is 9.66. The fourth-order valence-electron chi connectivity index (χ4n) is 3.51. The molecular weight excluding hydrogens is 440 g/mol. The zero-order valence-electron chi connectivity index (χ0n) is 19.0. The van der Waals surface area contributed by atoms with Gasteiger partial charge in [0.15, 0.2) is 9.99 Å². The molecule has 8 heteroatoms. The molecule has 0 aliphatic rings. The van der Waals surface area contributed by atoms with E-state index in [-0.39, 0.29) is 30.3 Å². The van der Waals surface area contributed by atoms with Crippen molar-refractivity contribution in [2.45, 2.75) is 50.9 Å². The van der Waals surface area contributed by atoms with Crippen LogP contribution in [0.2, 0.25) is 0 Å². The molecule has 0 spiro atoms. The number of benzene rings is 2. The maximum atomic E-state index is 13.5. The minimum Gasteiger partial charge on any atom is -0.480 e. The zero-order chi connectivity index (χ0) is 24.4. The molecule has 176 valence electrons. The molecule has 2 rings (SSSR count). The molecule has 0 radical (unpaired) electrons. The highest BCUT2D eigenvalue weighted by atomic mass is 32.2. The number of carbonyl (C=O) groups is 4. The van der Waals surface area contributed by atoms with E-state index in [0.717, 1.165) is 11.1 Å². The van der Waals surface area contributed by atoms with Gasteiger partial charge in [-0.15, -0.1) is 0 Å². The predicted molar refractivity (Wildman–Crippen MR) is 128 cm³/mol. The van der Waals surface area contributed by atoms with Gasteiger partial charge >= 0.3 is 5.97 Å². The van der Waals surface area contributed by atoms with Crippen molar-refractivity contribution in [2.75, 3.05) is 0 Å². The number of thioether (sulfide) groups is 1. The van der Waals surface area contributed by atoms with Gasteiger partial charge in [0.25, 0.3) is 5.91 Å². The van der Waals surface area contributed by atoms with E-state index in [1.54, 1.807) is 36.4 Å². The van der Waals surface area contributed by atoms with Crippen molar-refractivity contribution in [1.29, 1.82) is 0 Å². The number of rotatable bonds is 11. The number of hydrogen-bond donors (Lipinski definition) is 3. The third kappa shape index (κ3) is 8.38. The highest BCUT2D eigenvalue weighted by Gasteiger charge is 2.44. The average molecular weight is 471 g/mol. The maximum Gasteiger partial charge on any atom is 0.326 e. The molecule has 0 fully saturated rings. The Labute approximate surface area is 198 Å². The molecule has 0 saturated carbocycles. The summed E-state index contributed by atoms with van der Waals surface area (Å²) in [5.41, 5.74) is 1.50. The van der Waals surface area contributed by atoms with Gasteiger partial charge in [-0.3, -0.25) is 14.4 Å². The highest BCUT2D eigenvalue weighted by molar-refractivity contribution is 8.15. The summed E-state index contributed by atoms with van der Waals surface area (Å²) in [5, 5.41) is 14.7. The third-order valence-electron chi connectivity index (χ3n) is 4.82. The SMILES string of the molecule is CC(=O)S[C@@](CC(C)C)(NC(=O)Cc1ccccc1)C(=O)N[C@@H](Cc1ccccc1)C(=O)O. The second kappa shape index (κ2) is 12.2. The Bertz CT molecular complexity index is 965. The second-order valence-corrected chi connectivity index (χ2v) is 9.76. The summed E-state index contributed by atoms with van der Waals surface area (Å²) in [6.07, 6.45) is 0.252. The van der Waals surface area contributed by atoms with Crippen LogP contribution in [0.25, 0.3) is 0 Å². The summed E-state index contributed by atoms with van der Waals surface area (Å²) < 4.78 is 0. The number of carboxylic acids is 1. The Morgan fingerprint density at radius 1 is 0.939 bits per heavy atom. The van der Waals surface area contributed by atoms with Crippen molar-refractivity contribution in [3.8, 4) is 0 Å². The maximum absolute atomic E-state index is 13.5. The quantitative estimate of drug-likeness (QED) is 0.435. The van der Waals surface area contributed by atoms with Crippen molar-refractivity contribution in [1.82, 2.24) is 10.6 Å². The Hall–Kier alpha value is -3.13. The zero-order valence-corrected chi connectivity index (χ0v) is 19.9. The minimum atomic E-state index is -1.63. The lowest BCUT2D eigenvalue weighted by Gasteiger charge is -2.34. The first-order valence-electron chi connectivity index (χ1n) is 10.7. The second-order valence-electron chi connectivity index (χ2n) is 8.28. The largest absolute Gasteiger partial charge is 0.480 e. The Morgan fingerprint density at radius 2 is 1.48 bits per heavy atom. The average Bonchev–Trinajstić information content (AvgIpc) is 2.73. The first-order chi connectivity index (χ1) is 15.6. The van der Waals surface area contributed by atoms with Crippen molar-refractivity contribution in [2.24, 2.45) is 5.92 Å². The molecule has 0 aliphatic carbocycles. The van der Waals surface area contributed by atoms with E-state index in [9.17, 15) is 24.3 Å². The van der Waals surface area contributed by atoms with Crippen LogP contribution >= 0.6 is 11.8 Å². The van der Waals surface area contributed by atoms with Gasteiger partial charge in [-0.1, -0.05) is 86.3 Å². The molecule has 0 heterocycles. The predicted octanol–water partition coefficient (Wildman–Crippen LogP) is 3.18. The molecule has 7 nitrogen and oxygen atoms in total. The molecule has 0 bridgehead atoms. The van der Waals surface area contributed by atoms with Gasteiger partial charge in [0.05, 0.1) is 6.42 Å². The minimum absolute atomic E-state index is 0.0266. The normalized spacial score (nSPS) is 13.6. The van der Waals surface area contributed by atoms with Gasteiger partial charge in [0.1, 0.15) is 6.04 Å². The highest BCUT2D eigenvalue weighted by Crippen LogP contribution is 2.31. The molecule has 3 N–H and O–H groups in total. The number of carboxylic acid groups (broad SMARTS) is 1. The molecule has 0 saturated heterocycles. The van der Waals surface area contributed by atoms with E-state index in [0.29, 0.717) is 11.8 Å². The number of carbonyl (C=O) groups excluding carboxylic acids is 3. The topological polar surface area (TPSA) is 113 Å². The van der Waals surface area contributed by atoms with Crippen LogP contribution in [0.15, 0.2) is 60.7 Å². The van der Waals surface area contributed by atoms with Crippen LogP contribution in [0.1, 0.15) is 38.3 Å². The van der Waals surface area contributed by atoms with Gasteiger partial charge in [-0.2, -0.15) is 0 Å². The van der Waals surface area contributed by atoms with Gasteiger partial charge in [0.2, 0.25) is 5.91 Å². The van der Waals surface area contributed by atoms with Crippen molar-refractivity contribution in [3.63, 3.8) is 0 Å². The first kappa shape index (κ1) is 26.1. The lowest BCUT2D eigenvalue weighted by Crippen LogP contribution is -2.60. The summed E-state index contributed by atoms with van der Waals surface area (Å²) in [5.74, 6) is -2.40. The number of nitrogens with one attached hydrogen (secondary N) is 2. The fraction of sp³-hybridized carbons (Fsp3) is 0.360. The van der Waals surface area contributed by atoms with Crippen molar-refractivity contribution in [3.05, 3.63) is 71.8 Å². The number of amides is 2. The van der Waals surface area contributed by atoms with Crippen LogP contribution in [0, 0.1) is 5.92 Å². The Morgan fingerprint density at radius 3 is 1.97 bits per heavy atom. The lowest BCUT2D eigenvalue weighted by atomic mass is 10.00. The first-order valence-corrected chi connectivity index (χ1v) is 11.5. The van der Waals surface area contributed by atoms with Gasteiger partial charge < -0.3 is 15.7 Å². The van der Waals surface area contributed by atoms with E-state index in [2.05, 4.69) is 10.6 Å². The Balaban J connectivity index is 2.30. The summed E-state index contributed by atoms with van der Waals surface area (Å²) in [6, 6.07) is 16.8. The van der Waals surface area contributed by atoms with E-state index in [4.69, 9.17) is 0 Å². The molecule has 0 aliphatic heterocycles. The van der Waals surface area contributed by atoms with Crippen LogP contribution in [0.3, 0.4) is 0 Å². The lowest BCUT2D eigenvalue weighted by molar-refractivity contribution is -0.142. The summed E-state index contributed by atoms with van der Waals surface area (Å²) in [6.45, 7) is 5.05. The van der Waals surface area contributed by atoms with E-state index in [1.807, 2.05) is 38.1 Å². The summed E-state index contributed by atoms with van der Waals surface area (Å²) >= 11 is 0.707. The number of hydrogen-bond acceptors (Lipinski definition) is 5.